The summed E-state index contributed by atoms with van der Waals surface area (Å²) in [5, 5.41) is 31.2. The maximum absolute atomic E-state index is 11.9. The van der Waals surface area contributed by atoms with Gasteiger partial charge in [0.05, 0.1) is 16.4 Å². The topological polar surface area (TPSA) is 151 Å². The Labute approximate surface area is 122 Å². The van der Waals surface area contributed by atoms with E-state index in [9.17, 15) is 25.0 Å². The molecule has 0 radical (unpaired) electrons. The number of hydrogen-bond donors (Lipinski definition) is 1. The summed E-state index contributed by atoms with van der Waals surface area (Å²) in [7, 11) is 1.46. The van der Waals surface area contributed by atoms with Crippen LogP contribution < -0.4 is 5.32 Å². The summed E-state index contributed by atoms with van der Waals surface area (Å²) in [5.41, 5.74) is -0.847. The molecule has 0 saturated heterocycles. The largest absolute Gasteiger partial charge is 0.349 e. The van der Waals surface area contributed by atoms with Gasteiger partial charge in [0.25, 0.3) is 5.91 Å². The lowest BCUT2D eigenvalue weighted by Crippen LogP contribution is -2.28. The van der Waals surface area contributed by atoms with Gasteiger partial charge >= 0.3 is 11.4 Å². The first kappa shape index (κ1) is 15.1. The third-order valence-corrected chi connectivity index (χ3v) is 2.68. The molecule has 22 heavy (non-hydrogen) atoms. The summed E-state index contributed by atoms with van der Waals surface area (Å²) in [6.07, 6.45) is 3.44. The first-order valence-corrected chi connectivity index (χ1v) is 6.01. The van der Waals surface area contributed by atoms with Gasteiger partial charge in [0.15, 0.2) is 0 Å². The summed E-state index contributed by atoms with van der Waals surface area (Å²) in [5.74, 6) is -0.700. The molecule has 2 aromatic rings. The molecular weight excluding hydrogens is 298 g/mol. The van der Waals surface area contributed by atoms with Crippen molar-refractivity contribution in [3.05, 3.63) is 44.5 Å². The minimum Gasteiger partial charge on any atom is -0.349 e. The van der Waals surface area contributed by atoms with Crippen LogP contribution >= 0.6 is 0 Å². The molecule has 1 amide bonds. The SMILES string of the molecule is Cn1cc([N+](=O)[O-])c(C(=O)NCCn2cc([N+](=O)[O-])cn2)n1. The number of amides is 1. The third-order valence-electron chi connectivity index (χ3n) is 2.68. The van der Waals surface area contributed by atoms with Gasteiger partial charge in [-0.3, -0.25) is 34.4 Å². The van der Waals surface area contributed by atoms with Gasteiger partial charge in [0.2, 0.25) is 5.69 Å². The molecule has 0 fully saturated rings. The molecule has 0 saturated carbocycles. The van der Waals surface area contributed by atoms with E-state index in [1.807, 2.05) is 0 Å². The van der Waals surface area contributed by atoms with Crippen molar-refractivity contribution in [1.82, 2.24) is 24.9 Å². The van der Waals surface area contributed by atoms with E-state index in [1.165, 1.54) is 22.6 Å². The summed E-state index contributed by atoms with van der Waals surface area (Å²) in [6, 6.07) is 0. The van der Waals surface area contributed by atoms with E-state index in [4.69, 9.17) is 0 Å². The number of aryl methyl sites for hydroxylation is 1. The molecule has 2 heterocycles. The van der Waals surface area contributed by atoms with E-state index in [0.29, 0.717) is 0 Å². The Balaban J connectivity index is 1.95. The molecule has 0 aliphatic heterocycles. The lowest BCUT2D eigenvalue weighted by atomic mass is 10.3. The normalized spacial score (nSPS) is 10.4. The van der Waals surface area contributed by atoms with Crippen molar-refractivity contribution in [3.8, 4) is 0 Å². The Hall–Kier alpha value is -3.31. The van der Waals surface area contributed by atoms with Crippen molar-refractivity contribution in [2.45, 2.75) is 6.54 Å². The van der Waals surface area contributed by atoms with E-state index < -0.39 is 21.4 Å². The van der Waals surface area contributed by atoms with Gasteiger partial charge in [-0.05, 0) is 0 Å². The van der Waals surface area contributed by atoms with Crippen LogP contribution in [0.25, 0.3) is 0 Å². The van der Waals surface area contributed by atoms with Crippen LogP contribution in [0.4, 0.5) is 11.4 Å². The number of rotatable bonds is 6. The van der Waals surface area contributed by atoms with Crippen molar-refractivity contribution >= 4 is 17.3 Å². The molecular formula is C10H11N7O5. The zero-order valence-corrected chi connectivity index (χ0v) is 11.4. The van der Waals surface area contributed by atoms with Gasteiger partial charge in [-0.2, -0.15) is 10.2 Å². The Morgan fingerprint density at radius 3 is 2.64 bits per heavy atom. The fourth-order valence-corrected chi connectivity index (χ4v) is 1.71. The van der Waals surface area contributed by atoms with Crippen molar-refractivity contribution in [1.29, 1.82) is 0 Å². The monoisotopic (exact) mass is 309 g/mol. The quantitative estimate of drug-likeness (QED) is 0.576. The molecule has 1 N–H and O–H groups in total. The first-order valence-electron chi connectivity index (χ1n) is 6.01. The average molecular weight is 309 g/mol. The molecule has 0 aromatic carbocycles. The lowest BCUT2D eigenvalue weighted by Gasteiger charge is -2.02. The highest BCUT2D eigenvalue weighted by atomic mass is 16.6. The highest BCUT2D eigenvalue weighted by molar-refractivity contribution is 5.95. The molecule has 12 nitrogen and oxygen atoms in total. The Morgan fingerprint density at radius 2 is 2.05 bits per heavy atom. The predicted molar refractivity (Wildman–Crippen MR) is 71.1 cm³/mol. The average Bonchev–Trinajstić information content (AvgIpc) is 3.05. The first-order chi connectivity index (χ1) is 10.4. The third kappa shape index (κ3) is 3.23. The Kier molecular flexibility index (Phi) is 4.11. The highest BCUT2D eigenvalue weighted by Gasteiger charge is 2.24. The molecule has 0 unspecified atom stereocenters. The molecule has 0 atom stereocenters. The minimum absolute atomic E-state index is 0.0887. The molecule has 2 rings (SSSR count). The van der Waals surface area contributed by atoms with Crippen LogP contribution in [0.5, 0.6) is 0 Å². The van der Waals surface area contributed by atoms with Crippen molar-refractivity contribution in [3.63, 3.8) is 0 Å². The minimum atomic E-state index is -0.700. The highest BCUT2D eigenvalue weighted by Crippen LogP contribution is 2.15. The van der Waals surface area contributed by atoms with Crippen molar-refractivity contribution < 1.29 is 14.6 Å². The van der Waals surface area contributed by atoms with E-state index in [0.717, 1.165) is 12.4 Å². The van der Waals surface area contributed by atoms with Crippen LogP contribution in [-0.4, -0.2) is 41.9 Å². The zero-order chi connectivity index (χ0) is 16.3. The number of nitrogens with zero attached hydrogens (tertiary/aromatic N) is 6. The van der Waals surface area contributed by atoms with E-state index in [1.54, 1.807) is 0 Å². The smallest absolute Gasteiger partial charge is 0.320 e. The maximum Gasteiger partial charge on any atom is 0.320 e. The summed E-state index contributed by atoms with van der Waals surface area (Å²) in [4.78, 5) is 31.9. The van der Waals surface area contributed by atoms with Gasteiger partial charge in [0.1, 0.15) is 18.6 Å². The van der Waals surface area contributed by atoms with Crippen LogP contribution in [0.2, 0.25) is 0 Å². The molecule has 2 aromatic heterocycles. The van der Waals surface area contributed by atoms with Gasteiger partial charge in [-0.15, -0.1) is 0 Å². The second-order valence-electron chi connectivity index (χ2n) is 4.27. The molecule has 12 heteroatoms. The molecule has 0 aliphatic carbocycles. The van der Waals surface area contributed by atoms with Crippen molar-refractivity contribution in [2.24, 2.45) is 7.05 Å². The number of nitrogens with one attached hydrogen (secondary N) is 1. The summed E-state index contributed by atoms with van der Waals surface area (Å²) >= 11 is 0. The van der Waals surface area contributed by atoms with Gasteiger partial charge < -0.3 is 5.32 Å². The zero-order valence-electron chi connectivity index (χ0n) is 11.4. The van der Waals surface area contributed by atoms with Crippen LogP contribution in [0, 0.1) is 20.2 Å². The standard InChI is InChI=1S/C10H11N7O5/c1-14-6-8(17(21)22)9(13-14)10(18)11-2-3-15-5-7(4-12-15)16(19)20/h4-6H,2-3H2,1H3,(H,11,18). The Morgan fingerprint density at radius 1 is 1.32 bits per heavy atom. The van der Waals surface area contributed by atoms with Crippen LogP contribution in [-0.2, 0) is 13.6 Å². The molecule has 0 bridgehead atoms. The van der Waals surface area contributed by atoms with E-state index >= 15 is 0 Å². The van der Waals surface area contributed by atoms with Gasteiger partial charge in [-0.25, -0.2) is 0 Å². The van der Waals surface area contributed by atoms with Gasteiger partial charge in [0, 0.05) is 13.6 Å². The van der Waals surface area contributed by atoms with Gasteiger partial charge in [-0.1, -0.05) is 0 Å². The second kappa shape index (κ2) is 5.99. The number of nitro groups is 2. The molecule has 0 aliphatic rings. The summed E-state index contributed by atoms with van der Waals surface area (Å²) in [6.45, 7) is 0.269. The molecule has 116 valence electrons. The number of carbonyl (C=O) groups excluding carboxylic acids is 1. The number of carbonyl (C=O) groups is 1. The fourth-order valence-electron chi connectivity index (χ4n) is 1.71. The van der Waals surface area contributed by atoms with Crippen LogP contribution in [0.1, 0.15) is 10.5 Å². The maximum atomic E-state index is 11.9. The second-order valence-corrected chi connectivity index (χ2v) is 4.27. The van der Waals surface area contributed by atoms with Crippen molar-refractivity contribution in [2.75, 3.05) is 6.54 Å². The van der Waals surface area contributed by atoms with Crippen LogP contribution in [0.3, 0.4) is 0 Å². The number of hydrogen-bond acceptors (Lipinski definition) is 7. The fraction of sp³-hybridized carbons (Fsp3) is 0.300. The lowest BCUT2D eigenvalue weighted by molar-refractivity contribution is -0.385. The Bertz CT molecular complexity index is 734. The predicted octanol–water partition coefficient (Wildman–Crippen LogP) is -0.137. The summed E-state index contributed by atoms with van der Waals surface area (Å²) < 4.78 is 2.45. The van der Waals surface area contributed by atoms with E-state index in [-0.39, 0.29) is 24.5 Å². The molecule has 0 spiro atoms. The van der Waals surface area contributed by atoms with Crippen LogP contribution in [0.15, 0.2) is 18.6 Å². The number of aromatic nitrogens is 4. The van der Waals surface area contributed by atoms with E-state index in [2.05, 4.69) is 15.5 Å².